The third-order valence-corrected chi connectivity index (χ3v) is 1.51. The Hall–Kier alpha value is -0.610. The number of carbonyl (C=O) groups excluding carboxylic acids is 1. The molecule has 1 amide bonds. The predicted octanol–water partition coefficient (Wildman–Crippen LogP) is -0.402. The van der Waals surface area contributed by atoms with Crippen molar-refractivity contribution in [3.63, 3.8) is 0 Å². The maximum absolute atomic E-state index is 11.1. The highest BCUT2D eigenvalue weighted by Gasteiger charge is 2.12. The zero-order valence-corrected chi connectivity index (χ0v) is 7.66. The van der Waals surface area contributed by atoms with Crippen molar-refractivity contribution in [1.82, 2.24) is 4.90 Å². The molecule has 0 aromatic rings. The fourth-order valence-corrected chi connectivity index (χ4v) is 0.981. The highest BCUT2D eigenvalue weighted by molar-refractivity contribution is 5.75. The first-order valence-corrected chi connectivity index (χ1v) is 4.18. The second-order valence-electron chi connectivity index (χ2n) is 2.77. The summed E-state index contributed by atoms with van der Waals surface area (Å²) in [5, 5.41) is 17.6. The molecule has 4 heteroatoms. The van der Waals surface area contributed by atoms with Crippen LogP contribution in [0.2, 0.25) is 0 Å². The molecule has 0 saturated carbocycles. The van der Waals surface area contributed by atoms with Crippen molar-refractivity contribution < 1.29 is 15.0 Å². The molecular weight excluding hydrogens is 158 g/mol. The summed E-state index contributed by atoms with van der Waals surface area (Å²) < 4.78 is 0. The molecule has 12 heavy (non-hydrogen) atoms. The van der Waals surface area contributed by atoms with E-state index in [0.29, 0.717) is 19.5 Å². The molecule has 0 aromatic carbocycles. The van der Waals surface area contributed by atoms with Crippen LogP contribution in [0.15, 0.2) is 0 Å². The lowest BCUT2D eigenvalue weighted by Gasteiger charge is -2.22. The van der Waals surface area contributed by atoms with E-state index in [9.17, 15) is 4.79 Å². The number of hydrogen-bond acceptors (Lipinski definition) is 3. The van der Waals surface area contributed by atoms with Crippen molar-refractivity contribution in [3.05, 3.63) is 0 Å². The van der Waals surface area contributed by atoms with Crippen LogP contribution in [0.5, 0.6) is 0 Å². The second-order valence-corrected chi connectivity index (χ2v) is 2.77. The molecule has 0 aliphatic rings. The molecule has 0 heterocycles. The molecule has 0 aliphatic heterocycles. The SMILES string of the molecule is CCC(=O)N(CCO)CC(C)O. The molecule has 4 nitrogen and oxygen atoms in total. The Morgan fingerprint density at radius 2 is 2.17 bits per heavy atom. The van der Waals surface area contributed by atoms with Crippen molar-refractivity contribution in [2.24, 2.45) is 0 Å². The number of aliphatic hydroxyl groups is 2. The quantitative estimate of drug-likeness (QED) is 0.597. The summed E-state index contributed by atoms with van der Waals surface area (Å²) in [5.74, 6) is -0.0371. The van der Waals surface area contributed by atoms with Crippen LogP contribution in [0, 0.1) is 0 Å². The van der Waals surface area contributed by atoms with Gasteiger partial charge in [0.1, 0.15) is 0 Å². The molecule has 0 saturated heterocycles. The van der Waals surface area contributed by atoms with E-state index in [2.05, 4.69) is 0 Å². The summed E-state index contributed by atoms with van der Waals surface area (Å²) in [6.07, 6.45) is -0.126. The Labute approximate surface area is 72.8 Å². The minimum atomic E-state index is -0.535. The van der Waals surface area contributed by atoms with E-state index in [1.165, 1.54) is 4.90 Å². The largest absolute Gasteiger partial charge is 0.395 e. The lowest BCUT2D eigenvalue weighted by atomic mass is 10.3. The van der Waals surface area contributed by atoms with E-state index >= 15 is 0 Å². The fourth-order valence-electron chi connectivity index (χ4n) is 0.981. The molecule has 2 N–H and O–H groups in total. The first-order chi connectivity index (χ1) is 5.61. The van der Waals surface area contributed by atoms with Gasteiger partial charge in [0.2, 0.25) is 5.91 Å². The average Bonchev–Trinajstić information content (AvgIpc) is 2.01. The summed E-state index contributed by atoms with van der Waals surface area (Å²) in [6.45, 7) is 3.92. The summed E-state index contributed by atoms with van der Waals surface area (Å²) in [6, 6.07) is 0. The maximum atomic E-state index is 11.1. The van der Waals surface area contributed by atoms with E-state index in [0.717, 1.165) is 0 Å². The van der Waals surface area contributed by atoms with Gasteiger partial charge in [-0.1, -0.05) is 6.92 Å². The molecule has 0 bridgehead atoms. The molecule has 1 atom stereocenters. The zero-order valence-electron chi connectivity index (χ0n) is 7.66. The van der Waals surface area contributed by atoms with Gasteiger partial charge in [-0.25, -0.2) is 0 Å². The Morgan fingerprint density at radius 1 is 1.58 bits per heavy atom. The lowest BCUT2D eigenvalue weighted by molar-refractivity contribution is -0.132. The molecule has 0 fully saturated rings. The van der Waals surface area contributed by atoms with Crippen LogP contribution in [-0.4, -0.2) is 46.8 Å². The van der Waals surface area contributed by atoms with Gasteiger partial charge in [-0.15, -0.1) is 0 Å². The third kappa shape index (κ3) is 4.31. The lowest BCUT2D eigenvalue weighted by Crippen LogP contribution is -2.38. The van der Waals surface area contributed by atoms with Gasteiger partial charge >= 0.3 is 0 Å². The predicted molar refractivity (Wildman–Crippen MR) is 45.6 cm³/mol. The monoisotopic (exact) mass is 175 g/mol. The average molecular weight is 175 g/mol. The number of aliphatic hydroxyl groups excluding tert-OH is 2. The molecule has 0 radical (unpaired) electrons. The number of rotatable bonds is 5. The smallest absolute Gasteiger partial charge is 0.222 e. The van der Waals surface area contributed by atoms with Crippen LogP contribution in [-0.2, 0) is 4.79 Å². The molecule has 1 unspecified atom stereocenters. The van der Waals surface area contributed by atoms with Crippen LogP contribution in [0.3, 0.4) is 0 Å². The highest BCUT2D eigenvalue weighted by atomic mass is 16.3. The van der Waals surface area contributed by atoms with Crippen molar-refractivity contribution in [2.75, 3.05) is 19.7 Å². The van der Waals surface area contributed by atoms with Crippen LogP contribution >= 0.6 is 0 Å². The molecule has 0 aromatic heterocycles. The molecule has 0 rings (SSSR count). The summed E-state index contributed by atoms with van der Waals surface area (Å²) in [4.78, 5) is 12.6. The van der Waals surface area contributed by atoms with Crippen LogP contribution in [0.1, 0.15) is 20.3 Å². The van der Waals surface area contributed by atoms with Crippen molar-refractivity contribution in [1.29, 1.82) is 0 Å². The Balaban J connectivity index is 3.94. The van der Waals surface area contributed by atoms with Gasteiger partial charge in [-0.3, -0.25) is 4.79 Å². The summed E-state index contributed by atoms with van der Waals surface area (Å²) in [5.41, 5.74) is 0. The number of hydrogen-bond donors (Lipinski definition) is 2. The standard InChI is InChI=1S/C8H17NO3/c1-3-8(12)9(4-5-10)6-7(2)11/h7,10-11H,3-6H2,1-2H3. The van der Waals surface area contributed by atoms with E-state index in [1.54, 1.807) is 13.8 Å². The fraction of sp³-hybridized carbons (Fsp3) is 0.875. The summed E-state index contributed by atoms with van der Waals surface area (Å²) >= 11 is 0. The minimum absolute atomic E-state index is 0.0371. The van der Waals surface area contributed by atoms with E-state index in [-0.39, 0.29) is 12.5 Å². The minimum Gasteiger partial charge on any atom is -0.395 e. The highest BCUT2D eigenvalue weighted by Crippen LogP contribution is 1.95. The number of amides is 1. The van der Waals surface area contributed by atoms with Crippen LogP contribution in [0.25, 0.3) is 0 Å². The van der Waals surface area contributed by atoms with Crippen LogP contribution in [0.4, 0.5) is 0 Å². The zero-order chi connectivity index (χ0) is 9.56. The van der Waals surface area contributed by atoms with Crippen molar-refractivity contribution in [3.8, 4) is 0 Å². The Bertz CT molecular complexity index is 136. The number of carbonyl (C=O) groups is 1. The Kier molecular flexibility index (Phi) is 5.66. The first kappa shape index (κ1) is 11.4. The molecular formula is C8H17NO3. The van der Waals surface area contributed by atoms with Gasteiger partial charge in [0.15, 0.2) is 0 Å². The van der Waals surface area contributed by atoms with E-state index in [1.807, 2.05) is 0 Å². The maximum Gasteiger partial charge on any atom is 0.222 e. The van der Waals surface area contributed by atoms with Gasteiger partial charge < -0.3 is 15.1 Å². The Morgan fingerprint density at radius 3 is 2.50 bits per heavy atom. The van der Waals surface area contributed by atoms with E-state index < -0.39 is 6.10 Å². The molecule has 72 valence electrons. The topological polar surface area (TPSA) is 60.8 Å². The molecule has 0 spiro atoms. The van der Waals surface area contributed by atoms with Crippen molar-refractivity contribution >= 4 is 5.91 Å². The summed E-state index contributed by atoms with van der Waals surface area (Å²) in [7, 11) is 0. The van der Waals surface area contributed by atoms with Gasteiger partial charge in [0.25, 0.3) is 0 Å². The van der Waals surface area contributed by atoms with Gasteiger partial charge in [0.05, 0.1) is 12.7 Å². The van der Waals surface area contributed by atoms with Gasteiger partial charge in [-0.05, 0) is 6.92 Å². The van der Waals surface area contributed by atoms with Gasteiger partial charge in [0, 0.05) is 19.5 Å². The van der Waals surface area contributed by atoms with E-state index in [4.69, 9.17) is 10.2 Å². The normalized spacial score (nSPS) is 12.7. The van der Waals surface area contributed by atoms with Crippen molar-refractivity contribution in [2.45, 2.75) is 26.4 Å². The third-order valence-electron chi connectivity index (χ3n) is 1.51. The number of nitrogens with zero attached hydrogens (tertiary/aromatic N) is 1. The first-order valence-electron chi connectivity index (χ1n) is 4.18. The second kappa shape index (κ2) is 5.97. The molecule has 0 aliphatic carbocycles. The van der Waals surface area contributed by atoms with Crippen LogP contribution < -0.4 is 0 Å². The van der Waals surface area contributed by atoms with Gasteiger partial charge in [-0.2, -0.15) is 0 Å².